The normalized spacial score (nSPS) is 24.5. The summed E-state index contributed by atoms with van der Waals surface area (Å²) in [6.45, 7) is 0. The van der Waals surface area contributed by atoms with Gasteiger partial charge in [0.15, 0.2) is 9.84 Å². The van der Waals surface area contributed by atoms with Crippen LogP contribution in [0.3, 0.4) is 0 Å². The Balaban J connectivity index is 2.11. The van der Waals surface area contributed by atoms with E-state index in [4.69, 9.17) is 10.5 Å². The Labute approximate surface area is 101 Å². The van der Waals surface area contributed by atoms with Crippen LogP contribution in [0.25, 0.3) is 0 Å². The average Bonchev–Trinajstić information content (AvgIpc) is 2.69. The molecule has 0 spiro atoms. The number of aromatic nitrogens is 1. The third-order valence-electron chi connectivity index (χ3n) is 3.13. The number of nitrogens with zero attached hydrogens (tertiary/aromatic N) is 1. The molecule has 2 atom stereocenters. The average molecular weight is 256 g/mol. The summed E-state index contributed by atoms with van der Waals surface area (Å²) in [6.07, 6.45) is 2.28. The van der Waals surface area contributed by atoms with Crippen LogP contribution in [0.5, 0.6) is 5.88 Å². The molecular weight excluding hydrogens is 240 g/mol. The minimum atomic E-state index is -2.89. The van der Waals surface area contributed by atoms with Gasteiger partial charge in [0.05, 0.1) is 18.6 Å². The Morgan fingerprint density at radius 3 is 2.76 bits per heavy atom. The fourth-order valence-electron chi connectivity index (χ4n) is 2.09. The third-order valence-corrected chi connectivity index (χ3v) is 4.92. The number of sulfone groups is 1. The summed E-state index contributed by atoms with van der Waals surface area (Å²) in [5.74, 6) is 0.949. The molecule has 0 aliphatic carbocycles. The van der Waals surface area contributed by atoms with Gasteiger partial charge < -0.3 is 10.5 Å². The van der Waals surface area contributed by atoms with Gasteiger partial charge in [0.2, 0.25) is 5.88 Å². The lowest BCUT2D eigenvalue weighted by molar-refractivity contribution is 0.396. The first kappa shape index (κ1) is 12.3. The molecule has 94 valence electrons. The fraction of sp³-hybridized carbons (Fsp3) is 0.545. The zero-order valence-corrected chi connectivity index (χ0v) is 10.5. The minimum absolute atomic E-state index is 0.00445. The van der Waals surface area contributed by atoms with Gasteiger partial charge in [-0.2, -0.15) is 0 Å². The third kappa shape index (κ3) is 2.76. The number of nitrogens with two attached hydrogens (primary N) is 1. The van der Waals surface area contributed by atoms with E-state index in [2.05, 4.69) is 4.98 Å². The van der Waals surface area contributed by atoms with E-state index in [0.29, 0.717) is 12.3 Å². The van der Waals surface area contributed by atoms with E-state index in [9.17, 15) is 8.42 Å². The second kappa shape index (κ2) is 4.62. The first-order valence-corrected chi connectivity index (χ1v) is 7.30. The molecule has 1 aromatic rings. The van der Waals surface area contributed by atoms with E-state index in [1.54, 1.807) is 19.4 Å². The van der Waals surface area contributed by atoms with Crippen LogP contribution in [0.2, 0.25) is 0 Å². The summed E-state index contributed by atoms with van der Waals surface area (Å²) in [4.78, 5) is 4.07. The van der Waals surface area contributed by atoms with Crippen molar-refractivity contribution in [2.24, 2.45) is 11.7 Å². The number of methoxy groups -OCH3 is 1. The minimum Gasteiger partial charge on any atom is -0.481 e. The van der Waals surface area contributed by atoms with Crippen LogP contribution in [-0.4, -0.2) is 32.0 Å². The lowest BCUT2D eigenvalue weighted by Crippen LogP contribution is -2.22. The Hall–Kier alpha value is -1.14. The van der Waals surface area contributed by atoms with Crippen molar-refractivity contribution < 1.29 is 13.2 Å². The summed E-state index contributed by atoms with van der Waals surface area (Å²) < 4.78 is 27.7. The van der Waals surface area contributed by atoms with E-state index >= 15 is 0 Å². The molecule has 2 heterocycles. The van der Waals surface area contributed by atoms with Crippen LogP contribution in [0, 0.1) is 5.92 Å². The number of pyridine rings is 1. The largest absolute Gasteiger partial charge is 0.481 e. The van der Waals surface area contributed by atoms with Gasteiger partial charge in [-0.25, -0.2) is 13.4 Å². The monoisotopic (exact) mass is 256 g/mol. The van der Waals surface area contributed by atoms with Crippen molar-refractivity contribution in [1.82, 2.24) is 4.98 Å². The SMILES string of the molecule is COc1ccc(C(N)C2CCS(=O)(=O)C2)cn1. The molecule has 1 fully saturated rings. The van der Waals surface area contributed by atoms with Crippen LogP contribution in [0.4, 0.5) is 0 Å². The van der Waals surface area contributed by atoms with E-state index < -0.39 is 9.84 Å². The van der Waals surface area contributed by atoms with Gasteiger partial charge in [0.25, 0.3) is 0 Å². The number of ether oxygens (including phenoxy) is 1. The number of hydrogen-bond donors (Lipinski definition) is 1. The number of rotatable bonds is 3. The van der Waals surface area contributed by atoms with Crippen LogP contribution >= 0.6 is 0 Å². The fourth-order valence-corrected chi connectivity index (χ4v) is 3.94. The van der Waals surface area contributed by atoms with Crippen LogP contribution < -0.4 is 10.5 Å². The standard InChI is InChI=1S/C11H16N2O3S/c1-16-10-3-2-8(6-13-10)11(12)9-4-5-17(14,15)7-9/h2-3,6,9,11H,4-5,7,12H2,1H3. The second-order valence-electron chi connectivity index (χ2n) is 4.32. The van der Waals surface area contributed by atoms with Crippen molar-refractivity contribution in [2.45, 2.75) is 12.5 Å². The molecule has 1 saturated heterocycles. The van der Waals surface area contributed by atoms with E-state index in [1.807, 2.05) is 6.07 Å². The summed E-state index contributed by atoms with van der Waals surface area (Å²) in [5.41, 5.74) is 6.92. The molecule has 0 amide bonds. The van der Waals surface area contributed by atoms with Crippen molar-refractivity contribution in [3.63, 3.8) is 0 Å². The van der Waals surface area contributed by atoms with Gasteiger partial charge in [-0.15, -0.1) is 0 Å². The summed E-state index contributed by atoms with van der Waals surface area (Å²) in [5, 5.41) is 0. The van der Waals surface area contributed by atoms with E-state index in [1.165, 1.54) is 0 Å². The Morgan fingerprint density at radius 2 is 2.29 bits per heavy atom. The molecule has 1 aliphatic heterocycles. The Kier molecular flexibility index (Phi) is 3.35. The summed E-state index contributed by atoms with van der Waals surface area (Å²) in [6, 6.07) is 3.30. The highest BCUT2D eigenvalue weighted by Gasteiger charge is 2.32. The lowest BCUT2D eigenvalue weighted by atomic mass is 9.94. The van der Waals surface area contributed by atoms with Crippen molar-refractivity contribution in [2.75, 3.05) is 18.6 Å². The van der Waals surface area contributed by atoms with Crippen LogP contribution in [0.1, 0.15) is 18.0 Å². The van der Waals surface area contributed by atoms with Crippen molar-refractivity contribution in [3.05, 3.63) is 23.9 Å². The molecular formula is C11H16N2O3S. The predicted molar refractivity (Wildman–Crippen MR) is 64.5 cm³/mol. The van der Waals surface area contributed by atoms with Crippen molar-refractivity contribution >= 4 is 9.84 Å². The molecule has 0 bridgehead atoms. The van der Waals surface area contributed by atoms with E-state index in [0.717, 1.165) is 5.56 Å². The maximum atomic E-state index is 11.4. The van der Waals surface area contributed by atoms with Gasteiger partial charge in [-0.1, -0.05) is 6.07 Å². The highest BCUT2D eigenvalue weighted by Crippen LogP contribution is 2.29. The molecule has 6 heteroatoms. The van der Waals surface area contributed by atoms with Crippen LogP contribution in [0.15, 0.2) is 18.3 Å². The predicted octanol–water partition coefficient (Wildman–Crippen LogP) is 0.525. The highest BCUT2D eigenvalue weighted by atomic mass is 32.2. The van der Waals surface area contributed by atoms with Gasteiger partial charge in [0.1, 0.15) is 0 Å². The molecule has 0 aromatic carbocycles. The van der Waals surface area contributed by atoms with Crippen molar-refractivity contribution in [3.8, 4) is 5.88 Å². The van der Waals surface area contributed by atoms with Gasteiger partial charge in [0, 0.05) is 18.3 Å². The van der Waals surface area contributed by atoms with Gasteiger partial charge in [-0.3, -0.25) is 0 Å². The smallest absolute Gasteiger partial charge is 0.212 e. The second-order valence-corrected chi connectivity index (χ2v) is 6.55. The maximum absolute atomic E-state index is 11.4. The molecule has 1 aromatic heterocycles. The Morgan fingerprint density at radius 1 is 1.53 bits per heavy atom. The molecule has 5 nitrogen and oxygen atoms in total. The van der Waals surface area contributed by atoms with Crippen LogP contribution in [-0.2, 0) is 9.84 Å². The molecule has 2 unspecified atom stereocenters. The molecule has 0 saturated carbocycles. The first-order chi connectivity index (χ1) is 8.02. The highest BCUT2D eigenvalue weighted by molar-refractivity contribution is 7.91. The maximum Gasteiger partial charge on any atom is 0.212 e. The molecule has 0 radical (unpaired) electrons. The lowest BCUT2D eigenvalue weighted by Gasteiger charge is -2.17. The van der Waals surface area contributed by atoms with Gasteiger partial charge >= 0.3 is 0 Å². The zero-order valence-electron chi connectivity index (χ0n) is 9.67. The quantitative estimate of drug-likeness (QED) is 0.852. The molecule has 17 heavy (non-hydrogen) atoms. The molecule has 1 aliphatic rings. The van der Waals surface area contributed by atoms with Gasteiger partial charge in [-0.05, 0) is 17.9 Å². The summed E-state index contributed by atoms with van der Waals surface area (Å²) >= 11 is 0. The first-order valence-electron chi connectivity index (χ1n) is 5.48. The number of hydrogen-bond acceptors (Lipinski definition) is 5. The molecule has 2 N–H and O–H groups in total. The zero-order chi connectivity index (χ0) is 12.5. The summed E-state index contributed by atoms with van der Waals surface area (Å²) in [7, 11) is -1.34. The van der Waals surface area contributed by atoms with E-state index in [-0.39, 0.29) is 23.5 Å². The molecule has 2 rings (SSSR count). The Bertz CT molecular complexity index is 484. The van der Waals surface area contributed by atoms with Crippen molar-refractivity contribution in [1.29, 1.82) is 0 Å². The topological polar surface area (TPSA) is 82.3 Å².